The average molecular weight is 320 g/mol. The number of nitrogens with zero attached hydrogens (tertiary/aromatic N) is 2. The summed E-state index contributed by atoms with van der Waals surface area (Å²) >= 11 is 0. The highest BCUT2D eigenvalue weighted by atomic mass is 16.1. The fourth-order valence-electron chi connectivity index (χ4n) is 2.43. The minimum atomic E-state index is -0.0295. The van der Waals surface area contributed by atoms with Crippen LogP contribution in [0.5, 0.6) is 0 Å². The van der Waals surface area contributed by atoms with Gasteiger partial charge in [-0.05, 0) is 34.6 Å². The number of pyridine rings is 1. The van der Waals surface area contributed by atoms with Crippen LogP contribution >= 0.6 is 0 Å². The Morgan fingerprint density at radius 2 is 1.75 bits per heavy atom. The largest absolute Gasteiger partial charge is 0.315 e. The molecule has 24 heavy (non-hydrogen) atoms. The number of hydrogen-bond donors (Lipinski definition) is 0. The van der Waals surface area contributed by atoms with Crippen molar-refractivity contribution in [1.82, 2.24) is 4.57 Å². The average Bonchev–Trinajstić information content (AvgIpc) is 2.54. The van der Waals surface area contributed by atoms with Crippen molar-refractivity contribution in [3.8, 4) is 6.07 Å². The Labute approximate surface area is 143 Å². The summed E-state index contributed by atoms with van der Waals surface area (Å²) in [4.78, 5) is 12.0. The summed E-state index contributed by atoms with van der Waals surface area (Å²) in [6.45, 7) is 7.18. The molecular weight excluding hydrogens is 296 g/mol. The molecule has 0 N–H and O–H groups in total. The molecule has 0 atom stereocenters. The smallest absolute Gasteiger partial charge is 0.251 e. The lowest BCUT2D eigenvalue weighted by Gasteiger charge is -2.18. The summed E-state index contributed by atoms with van der Waals surface area (Å²) in [6, 6.07) is 14.1. The molecule has 0 unspecified atom stereocenters. The summed E-state index contributed by atoms with van der Waals surface area (Å²) in [6.07, 6.45) is 6.93. The molecule has 0 amide bonds. The Hall–Kier alpha value is -2.60. The van der Waals surface area contributed by atoms with Crippen molar-refractivity contribution in [1.29, 1.82) is 5.26 Å². The van der Waals surface area contributed by atoms with Gasteiger partial charge in [0.15, 0.2) is 0 Å². The Balaban J connectivity index is 2.08. The van der Waals surface area contributed by atoms with Gasteiger partial charge in [-0.1, -0.05) is 57.2 Å². The van der Waals surface area contributed by atoms with Crippen LogP contribution in [0.15, 0.2) is 47.4 Å². The van der Waals surface area contributed by atoms with Crippen molar-refractivity contribution in [3.63, 3.8) is 0 Å². The molecule has 1 heterocycles. The quantitative estimate of drug-likeness (QED) is 0.755. The number of aryl methyl sites for hydroxylation is 1. The molecule has 124 valence electrons. The molecule has 0 aliphatic rings. The van der Waals surface area contributed by atoms with Gasteiger partial charge in [-0.25, -0.2) is 0 Å². The van der Waals surface area contributed by atoms with E-state index >= 15 is 0 Å². The first-order valence-corrected chi connectivity index (χ1v) is 8.26. The van der Waals surface area contributed by atoms with Crippen molar-refractivity contribution in [2.75, 3.05) is 0 Å². The van der Waals surface area contributed by atoms with Gasteiger partial charge in [0.05, 0.1) is 6.07 Å². The molecule has 3 heteroatoms. The maximum absolute atomic E-state index is 12.0. The van der Waals surface area contributed by atoms with Gasteiger partial charge in [0.1, 0.15) is 0 Å². The molecule has 0 saturated carbocycles. The summed E-state index contributed by atoms with van der Waals surface area (Å²) < 4.78 is 1.65. The predicted molar refractivity (Wildman–Crippen MR) is 99.6 cm³/mol. The SMILES string of the molecule is CC(C)(C)c1ccc(/C=C/c2ccn(CCCC#N)c(=O)c2)cc1. The molecule has 0 fully saturated rings. The number of hydrogen-bond acceptors (Lipinski definition) is 2. The van der Waals surface area contributed by atoms with Crippen LogP contribution in [0.2, 0.25) is 0 Å². The van der Waals surface area contributed by atoms with Gasteiger partial charge < -0.3 is 4.57 Å². The van der Waals surface area contributed by atoms with Crippen molar-refractivity contribution in [2.24, 2.45) is 0 Å². The second-order valence-electron chi connectivity index (χ2n) is 6.96. The summed E-state index contributed by atoms with van der Waals surface area (Å²) in [7, 11) is 0. The van der Waals surface area contributed by atoms with Gasteiger partial charge in [-0.3, -0.25) is 4.79 Å². The molecule has 0 bridgehead atoms. The standard InChI is InChI=1S/C21H24N2O/c1-21(2,3)19-10-8-17(9-11-19)6-7-18-12-15-23(20(24)16-18)14-5-4-13-22/h6-12,15-16H,4-5,14H2,1-3H3/b7-6+. The molecule has 0 aliphatic carbocycles. The first-order chi connectivity index (χ1) is 11.4. The summed E-state index contributed by atoms with van der Waals surface area (Å²) in [5.74, 6) is 0. The second-order valence-corrected chi connectivity index (χ2v) is 6.96. The molecule has 0 aliphatic heterocycles. The van der Waals surface area contributed by atoms with Crippen molar-refractivity contribution in [3.05, 3.63) is 69.6 Å². The molecule has 0 saturated heterocycles. The summed E-state index contributed by atoms with van der Waals surface area (Å²) in [5, 5.41) is 8.55. The van der Waals surface area contributed by atoms with E-state index in [2.05, 4.69) is 51.1 Å². The molecule has 0 spiro atoms. The Bertz CT molecular complexity index is 799. The minimum Gasteiger partial charge on any atom is -0.315 e. The van der Waals surface area contributed by atoms with Gasteiger partial charge >= 0.3 is 0 Å². The van der Waals surface area contributed by atoms with Crippen LogP contribution in [-0.2, 0) is 12.0 Å². The highest BCUT2D eigenvalue weighted by molar-refractivity contribution is 5.69. The monoisotopic (exact) mass is 320 g/mol. The van der Waals surface area contributed by atoms with Crippen LogP contribution in [-0.4, -0.2) is 4.57 Å². The zero-order chi connectivity index (χ0) is 17.6. The van der Waals surface area contributed by atoms with E-state index in [1.807, 2.05) is 18.2 Å². The molecule has 0 radical (unpaired) electrons. The van der Waals surface area contributed by atoms with Gasteiger partial charge in [0.2, 0.25) is 0 Å². The fraction of sp³-hybridized carbons (Fsp3) is 0.333. The van der Waals surface area contributed by atoms with Crippen LogP contribution in [0.4, 0.5) is 0 Å². The van der Waals surface area contributed by atoms with E-state index in [0.717, 1.165) is 11.1 Å². The molecular formula is C21H24N2O. The molecule has 1 aromatic carbocycles. The predicted octanol–water partition coefficient (Wildman–Crippen LogP) is 4.62. The van der Waals surface area contributed by atoms with Crippen LogP contribution in [0, 0.1) is 11.3 Å². The van der Waals surface area contributed by atoms with Gasteiger partial charge in [-0.2, -0.15) is 5.26 Å². The molecule has 3 nitrogen and oxygen atoms in total. The van der Waals surface area contributed by atoms with Crippen LogP contribution in [0.25, 0.3) is 12.2 Å². The zero-order valence-corrected chi connectivity index (χ0v) is 14.6. The molecule has 2 aromatic rings. The van der Waals surface area contributed by atoms with E-state index < -0.39 is 0 Å². The van der Waals surface area contributed by atoms with Crippen molar-refractivity contribution < 1.29 is 0 Å². The van der Waals surface area contributed by atoms with E-state index in [1.165, 1.54) is 5.56 Å². The van der Waals surface area contributed by atoms with E-state index in [9.17, 15) is 4.79 Å². The lowest BCUT2D eigenvalue weighted by Crippen LogP contribution is -2.18. The van der Waals surface area contributed by atoms with Gasteiger partial charge in [0, 0.05) is 25.2 Å². The Kier molecular flexibility index (Phi) is 5.76. The normalized spacial score (nSPS) is 11.6. The molecule has 1 aromatic heterocycles. The topological polar surface area (TPSA) is 45.8 Å². The number of benzene rings is 1. The number of nitriles is 1. The third-order valence-corrected chi connectivity index (χ3v) is 3.95. The first-order valence-electron chi connectivity index (χ1n) is 8.26. The van der Waals surface area contributed by atoms with Gasteiger partial charge in [0.25, 0.3) is 5.56 Å². The van der Waals surface area contributed by atoms with Crippen molar-refractivity contribution >= 4 is 12.2 Å². The highest BCUT2D eigenvalue weighted by Gasteiger charge is 2.12. The number of unbranched alkanes of at least 4 members (excludes halogenated alkanes) is 1. The van der Waals surface area contributed by atoms with Crippen LogP contribution < -0.4 is 5.56 Å². The van der Waals surface area contributed by atoms with E-state index in [1.54, 1.807) is 16.8 Å². The fourth-order valence-corrected chi connectivity index (χ4v) is 2.43. The van der Waals surface area contributed by atoms with E-state index in [4.69, 9.17) is 5.26 Å². The maximum atomic E-state index is 12.0. The maximum Gasteiger partial charge on any atom is 0.251 e. The Morgan fingerprint density at radius 1 is 1.08 bits per heavy atom. The third-order valence-electron chi connectivity index (χ3n) is 3.95. The highest BCUT2D eigenvalue weighted by Crippen LogP contribution is 2.22. The van der Waals surface area contributed by atoms with Crippen LogP contribution in [0.1, 0.15) is 50.3 Å². The van der Waals surface area contributed by atoms with Crippen molar-refractivity contribution in [2.45, 2.75) is 45.6 Å². The van der Waals surface area contributed by atoms with E-state index in [-0.39, 0.29) is 11.0 Å². The van der Waals surface area contributed by atoms with Crippen LogP contribution in [0.3, 0.4) is 0 Å². The number of rotatable bonds is 5. The Morgan fingerprint density at radius 3 is 2.33 bits per heavy atom. The number of aromatic nitrogens is 1. The van der Waals surface area contributed by atoms with E-state index in [0.29, 0.717) is 19.4 Å². The minimum absolute atomic E-state index is 0.0295. The molecule has 2 rings (SSSR count). The second kappa shape index (κ2) is 7.79. The first kappa shape index (κ1) is 17.7. The lowest BCUT2D eigenvalue weighted by molar-refractivity contribution is 0.590. The van der Waals surface area contributed by atoms with Gasteiger partial charge in [-0.15, -0.1) is 0 Å². The zero-order valence-electron chi connectivity index (χ0n) is 14.6. The third kappa shape index (κ3) is 4.96. The summed E-state index contributed by atoms with van der Waals surface area (Å²) in [5.41, 5.74) is 3.42. The lowest BCUT2D eigenvalue weighted by atomic mass is 9.87.